The number of likely N-dealkylation sites (N-methyl/N-ethyl adjacent to an activating group) is 1. The molecule has 41 heavy (non-hydrogen) atoms. The molecular weight excluding hydrogens is 510 g/mol. The van der Waals surface area contributed by atoms with Gasteiger partial charge in [0.15, 0.2) is 0 Å². The summed E-state index contributed by atoms with van der Waals surface area (Å²) < 4.78 is 0. The third-order valence-corrected chi connectivity index (χ3v) is 9.02. The molecule has 7 nitrogen and oxygen atoms in total. The molecule has 2 aliphatic rings. The fourth-order valence-electron chi connectivity index (χ4n) is 6.55. The minimum absolute atomic E-state index is 0.191. The number of aryl methyl sites for hydroxylation is 1. The summed E-state index contributed by atoms with van der Waals surface area (Å²) in [5, 5.41) is 14.3. The van der Waals surface area contributed by atoms with Crippen molar-refractivity contribution in [1.29, 1.82) is 0 Å². The largest absolute Gasteiger partial charge is 0.404 e. The molecule has 0 spiro atoms. The maximum absolute atomic E-state index is 11.0. The second-order valence-corrected chi connectivity index (χ2v) is 12.4. The predicted octanol–water partition coefficient (Wildman–Crippen LogP) is 6.37. The van der Waals surface area contributed by atoms with Crippen LogP contribution in [-0.4, -0.2) is 72.3 Å². The Hall–Kier alpha value is -2.90. The zero-order valence-corrected chi connectivity index (χ0v) is 26.5. The van der Waals surface area contributed by atoms with E-state index >= 15 is 0 Å². The van der Waals surface area contributed by atoms with Crippen LogP contribution in [0.5, 0.6) is 0 Å². The zero-order chi connectivity index (χ0) is 30.3. The van der Waals surface area contributed by atoms with Crippen LogP contribution in [0.2, 0.25) is 0 Å². The van der Waals surface area contributed by atoms with Crippen molar-refractivity contribution >= 4 is 5.57 Å². The second kappa shape index (κ2) is 14.8. The summed E-state index contributed by atoms with van der Waals surface area (Å²) in [5.41, 5.74) is 17.3. The molecule has 1 aromatic rings. The Kier molecular flexibility index (Phi) is 11.8. The van der Waals surface area contributed by atoms with E-state index in [-0.39, 0.29) is 6.10 Å². The molecule has 0 saturated carbocycles. The van der Waals surface area contributed by atoms with Crippen LogP contribution in [0.25, 0.3) is 5.57 Å². The zero-order valence-electron chi connectivity index (χ0n) is 26.5. The Morgan fingerprint density at radius 2 is 1.90 bits per heavy atom. The number of nitroso groups, excluding NO2 is 1. The van der Waals surface area contributed by atoms with Gasteiger partial charge in [-0.2, -0.15) is 0 Å². The number of rotatable bonds is 12. The Morgan fingerprint density at radius 1 is 1.22 bits per heavy atom. The van der Waals surface area contributed by atoms with E-state index in [9.17, 15) is 10.0 Å². The molecule has 2 saturated heterocycles. The lowest BCUT2D eigenvalue weighted by Gasteiger charge is -2.36. The van der Waals surface area contributed by atoms with Gasteiger partial charge in [0.1, 0.15) is 0 Å². The number of aliphatic hydroxyl groups excluding tert-OH is 1. The van der Waals surface area contributed by atoms with Crippen molar-refractivity contribution in [3.63, 3.8) is 0 Å². The lowest BCUT2D eigenvalue weighted by molar-refractivity contribution is 0.173. The molecule has 3 N–H and O–H groups in total. The van der Waals surface area contributed by atoms with Crippen LogP contribution in [0, 0.1) is 17.7 Å². The average Bonchev–Trinajstić information content (AvgIpc) is 3.37. The summed E-state index contributed by atoms with van der Waals surface area (Å²) in [6, 6.07) is 7.04. The number of likely N-dealkylation sites (tertiary alicyclic amines) is 2. The fraction of sp³-hybridized carbons (Fsp3) is 0.588. The number of nitrogens with zero attached hydrogens (tertiary/aromatic N) is 4. The third-order valence-electron chi connectivity index (χ3n) is 9.02. The van der Waals surface area contributed by atoms with Gasteiger partial charge in [0, 0.05) is 51.7 Å². The normalized spacial score (nSPS) is 20.3. The highest BCUT2D eigenvalue weighted by molar-refractivity contribution is 5.77. The summed E-state index contributed by atoms with van der Waals surface area (Å²) in [4.78, 5) is 15.8. The van der Waals surface area contributed by atoms with E-state index in [0.717, 1.165) is 75.1 Å². The molecule has 2 heterocycles. The molecule has 0 radical (unpaired) electrons. The molecule has 1 atom stereocenters. The molecule has 0 amide bonds. The Morgan fingerprint density at radius 3 is 2.44 bits per heavy atom. The summed E-state index contributed by atoms with van der Waals surface area (Å²) in [6.45, 7) is 22.6. The SMILES string of the molecule is C=C(CN1CCC(O)C1)N1CCC(c2ccc(C)c(/C(=C(CC)/C(=C/N)C(/C)=C(/C)CN(C)N=O)C(C)C)c2)CC1. The third kappa shape index (κ3) is 8.10. The highest BCUT2D eigenvalue weighted by Crippen LogP contribution is 2.39. The van der Waals surface area contributed by atoms with Gasteiger partial charge in [-0.15, -0.1) is 4.91 Å². The maximum Gasteiger partial charge on any atom is 0.0679 e. The molecule has 1 aromatic carbocycles. The molecule has 2 aliphatic heterocycles. The number of allylic oxidation sites excluding steroid dienone is 4. The van der Waals surface area contributed by atoms with Gasteiger partial charge in [0.05, 0.1) is 17.9 Å². The van der Waals surface area contributed by atoms with Gasteiger partial charge in [-0.25, -0.2) is 0 Å². The van der Waals surface area contributed by atoms with Crippen molar-refractivity contribution in [1.82, 2.24) is 14.8 Å². The quantitative estimate of drug-likeness (QED) is 0.175. The van der Waals surface area contributed by atoms with Crippen molar-refractivity contribution in [2.75, 3.05) is 46.3 Å². The molecule has 0 bridgehead atoms. The first-order valence-electron chi connectivity index (χ1n) is 15.3. The van der Waals surface area contributed by atoms with Gasteiger partial charge in [-0.3, -0.25) is 9.91 Å². The van der Waals surface area contributed by atoms with Crippen molar-refractivity contribution in [2.24, 2.45) is 16.9 Å². The molecule has 3 rings (SSSR count). The second-order valence-electron chi connectivity index (χ2n) is 12.4. The van der Waals surface area contributed by atoms with Gasteiger partial charge in [0.25, 0.3) is 0 Å². The van der Waals surface area contributed by atoms with E-state index in [0.29, 0.717) is 18.4 Å². The maximum atomic E-state index is 11.0. The molecule has 226 valence electrons. The minimum Gasteiger partial charge on any atom is -0.404 e. The standard InChI is InChI=1S/C34H53N5O2/c1-9-31(33(19-35)27(7)25(5)20-37(8)36-41)34(23(2)3)32-18-29(11-10-24(32)4)28-12-16-39(17-13-28)26(6)21-38-15-14-30(40)22-38/h10-11,18-19,23,28,30,40H,6,9,12-17,20-22,35H2,1-5,7-8H3/b27-25-,33-19+,34-31+. The van der Waals surface area contributed by atoms with E-state index in [2.05, 4.69) is 74.5 Å². The van der Waals surface area contributed by atoms with Crippen LogP contribution in [-0.2, 0) is 0 Å². The van der Waals surface area contributed by atoms with Crippen molar-refractivity contribution < 1.29 is 5.11 Å². The van der Waals surface area contributed by atoms with Crippen molar-refractivity contribution in [3.05, 3.63) is 80.6 Å². The van der Waals surface area contributed by atoms with Crippen LogP contribution in [0.1, 0.15) is 82.9 Å². The lowest BCUT2D eigenvalue weighted by atomic mass is 9.80. The first-order chi connectivity index (χ1) is 19.5. The summed E-state index contributed by atoms with van der Waals surface area (Å²) in [7, 11) is 1.69. The van der Waals surface area contributed by atoms with Crippen LogP contribution in [0.3, 0.4) is 0 Å². The number of β-amino-alcohol motifs (C(OH)–C–C–N with tert-alkyl or cyclic N) is 1. The number of nitrogens with two attached hydrogens (primary N) is 1. The Labute approximate surface area is 248 Å². The van der Waals surface area contributed by atoms with Gasteiger partial charge < -0.3 is 15.7 Å². The first kappa shape index (κ1) is 32.6. The number of benzene rings is 1. The lowest BCUT2D eigenvalue weighted by Crippen LogP contribution is -2.37. The number of aliphatic hydroxyl groups is 1. The highest BCUT2D eigenvalue weighted by Gasteiger charge is 2.26. The summed E-state index contributed by atoms with van der Waals surface area (Å²) in [6.07, 6.45) is 5.49. The van der Waals surface area contributed by atoms with Crippen LogP contribution < -0.4 is 5.73 Å². The van der Waals surface area contributed by atoms with Gasteiger partial charge in [-0.1, -0.05) is 45.5 Å². The molecule has 1 unspecified atom stereocenters. The molecule has 0 aliphatic carbocycles. The number of hydrogen-bond acceptors (Lipinski definition) is 6. The number of piperidine rings is 1. The van der Waals surface area contributed by atoms with E-state index in [1.54, 1.807) is 13.2 Å². The molecule has 0 aromatic heterocycles. The van der Waals surface area contributed by atoms with E-state index in [1.807, 2.05) is 6.92 Å². The summed E-state index contributed by atoms with van der Waals surface area (Å²) in [5.74, 6) is 0.834. The fourth-order valence-corrected chi connectivity index (χ4v) is 6.55. The smallest absolute Gasteiger partial charge is 0.0679 e. The van der Waals surface area contributed by atoms with Gasteiger partial charge in [0.2, 0.25) is 0 Å². The van der Waals surface area contributed by atoms with Crippen LogP contribution >= 0.6 is 0 Å². The van der Waals surface area contributed by atoms with E-state index in [1.165, 1.54) is 38.5 Å². The van der Waals surface area contributed by atoms with E-state index < -0.39 is 0 Å². The molecule has 2 fully saturated rings. The monoisotopic (exact) mass is 563 g/mol. The van der Waals surface area contributed by atoms with Crippen molar-refractivity contribution in [2.45, 2.75) is 79.2 Å². The summed E-state index contributed by atoms with van der Waals surface area (Å²) >= 11 is 0. The molecule has 7 heteroatoms. The van der Waals surface area contributed by atoms with Crippen LogP contribution in [0.4, 0.5) is 0 Å². The van der Waals surface area contributed by atoms with Gasteiger partial charge >= 0.3 is 0 Å². The predicted molar refractivity (Wildman–Crippen MR) is 172 cm³/mol. The highest BCUT2D eigenvalue weighted by atomic mass is 16.3. The van der Waals surface area contributed by atoms with Crippen molar-refractivity contribution in [3.8, 4) is 0 Å². The van der Waals surface area contributed by atoms with Crippen LogP contribution in [0.15, 0.2) is 64.3 Å². The Bertz CT molecular complexity index is 1170. The number of hydrogen-bond donors (Lipinski definition) is 2. The van der Waals surface area contributed by atoms with Gasteiger partial charge in [-0.05, 0) is 103 Å². The van der Waals surface area contributed by atoms with E-state index in [4.69, 9.17) is 5.73 Å². The minimum atomic E-state index is -0.191. The topological polar surface area (TPSA) is 85.4 Å². The molecular formula is C34H53N5O2. The average molecular weight is 564 g/mol. The first-order valence-corrected chi connectivity index (χ1v) is 15.3. The Balaban J connectivity index is 1.87.